The Kier molecular flexibility index (Phi) is 3.82. The van der Waals surface area contributed by atoms with Crippen molar-refractivity contribution in [3.8, 4) is 0 Å². The van der Waals surface area contributed by atoms with Crippen molar-refractivity contribution in [2.75, 3.05) is 0 Å². The van der Waals surface area contributed by atoms with E-state index in [1.807, 2.05) is 0 Å². The van der Waals surface area contributed by atoms with E-state index in [4.69, 9.17) is 11.6 Å². The van der Waals surface area contributed by atoms with Crippen LogP contribution in [0.3, 0.4) is 0 Å². The average Bonchev–Trinajstić information content (AvgIpc) is 2.16. The largest absolute Gasteiger partial charge is 0.384 e. The molecule has 1 N–H and O–H groups in total. The molecule has 90 valence electrons. The van der Waals surface area contributed by atoms with Gasteiger partial charge in [-0.05, 0) is 24.6 Å². The molecule has 1 aromatic carbocycles. The Bertz CT molecular complexity index is 356. The highest BCUT2D eigenvalue weighted by molar-refractivity contribution is 6.84. The first-order valence-corrected chi connectivity index (χ1v) is 9.29. The molecule has 0 saturated heterocycles. The molecule has 4 heteroatoms. The molecule has 0 aromatic heterocycles. The van der Waals surface area contributed by atoms with Crippen molar-refractivity contribution in [2.24, 2.45) is 0 Å². The molecule has 1 rings (SSSR count). The summed E-state index contributed by atoms with van der Waals surface area (Å²) in [4.78, 5) is 0. The van der Waals surface area contributed by atoms with Crippen LogP contribution in [0.1, 0.15) is 12.5 Å². The molecule has 0 radical (unpaired) electrons. The maximum atomic E-state index is 12.8. The van der Waals surface area contributed by atoms with Gasteiger partial charge in [-0.25, -0.2) is 4.39 Å². The fourth-order valence-electron chi connectivity index (χ4n) is 1.78. The maximum Gasteiger partial charge on any atom is 0.123 e. The minimum atomic E-state index is -1.67. The summed E-state index contributed by atoms with van der Waals surface area (Å²) in [5.41, 5.74) is -0.448. The lowest BCUT2D eigenvalue weighted by atomic mass is 9.98. The van der Waals surface area contributed by atoms with Gasteiger partial charge in [0.05, 0.1) is 13.1 Å². The highest BCUT2D eigenvalue weighted by Gasteiger charge is 2.40. The molecule has 0 aliphatic carbocycles. The van der Waals surface area contributed by atoms with Crippen LogP contribution in [0.25, 0.3) is 0 Å². The second-order valence-corrected chi connectivity index (χ2v) is 11.5. The van der Waals surface area contributed by atoms with E-state index < -0.39 is 13.7 Å². The van der Waals surface area contributed by atoms with Gasteiger partial charge in [-0.1, -0.05) is 31.8 Å². The second kappa shape index (κ2) is 4.47. The highest BCUT2D eigenvalue weighted by Crippen LogP contribution is 2.34. The van der Waals surface area contributed by atoms with Crippen molar-refractivity contribution < 1.29 is 9.50 Å². The zero-order valence-corrected chi connectivity index (χ0v) is 11.8. The fourth-order valence-corrected chi connectivity index (χ4v) is 3.76. The molecule has 16 heavy (non-hydrogen) atoms. The van der Waals surface area contributed by atoms with E-state index in [2.05, 4.69) is 19.6 Å². The van der Waals surface area contributed by atoms with Gasteiger partial charge >= 0.3 is 0 Å². The molecule has 2 atom stereocenters. The number of aliphatic hydroxyl groups is 1. The Morgan fingerprint density at radius 1 is 1.25 bits per heavy atom. The summed E-state index contributed by atoms with van der Waals surface area (Å²) in [6.45, 7) is 7.99. The van der Waals surface area contributed by atoms with E-state index >= 15 is 0 Å². The molecule has 0 bridgehead atoms. The first-order valence-electron chi connectivity index (χ1n) is 5.28. The van der Waals surface area contributed by atoms with Gasteiger partial charge in [-0.15, -0.1) is 11.6 Å². The Balaban J connectivity index is 3.06. The Morgan fingerprint density at radius 3 is 2.06 bits per heavy atom. The third-order valence-electron chi connectivity index (χ3n) is 2.68. The molecule has 0 fully saturated rings. The van der Waals surface area contributed by atoms with Crippen molar-refractivity contribution in [3.63, 3.8) is 0 Å². The number of benzene rings is 1. The third-order valence-corrected chi connectivity index (χ3v) is 7.15. The molecule has 0 aliphatic rings. The van der Waals surface area contributed by atoms with Crippen LogP contribution in [-0.4, -0.2) is 18.2 Å². The molecule has 1 nitrogen and oxygen atoms in total. The molecular formula is C12H18ClFOSi. The van der Waals surface area contributed by atoms with Gasteiger partial charge in [-0.3, -0.25) is 0 Å². The molecule has 0 aliphatic heterocycles. The van der Waals surface area contributed by atoms with Gasteiger partial charge < -0.3 is 5.11 Å². The zero-order chi connectivity index (χ0) is 12.6. The lowest BCUT2D eigenvalue weighted by Gasteiger charge is -2.36. The van der Waals surface area contributed by atoms with Crippen molar-refractivity contribution >= 4 is 19.7 Å². The second-order valence-electron chi connectivity index (χ2n) is 5.38. The summed E-state index contributed by atoms with van der Waals surface area (Å²) < 4.78 is 12.8. The van der Waals surface area contributed by atoms with Crippen LogP contribution in [0.5, 0.6) is 0 Å². The average molecular weight is 261 g/mol. The molecule has 2 unspecified atom stereocenters. The quantitative estimate of drug-likeness (QED) is 0.651. The topological polar surface area (TPSA) is 20.2 Å². The third kappa shape index (κ3) is 2.84. The number of alkyl halides is 1. The van der Waals surface area contributed by atoms with E-state index in [0.717, 1.165) is 0 Å². The van der Waals surface area contributed by atoms with Crippen LogP contribution in [0.15, 0.2) is 24.3 Å². The van der Waals surface area contributed by atoms with E-state index in [-0.39, 0.29) is 10.8 Å². The maximum absolute atomic E-state index is 12.8. The van der Waals surface area contributed by atoms with Gasteiger partial charge in [0, 0.05) is 0 Å². The van der Waals surface area contributed by atoms with E-state index in [1.165, 1.54) is 12.1 Å². The van der Waals surface area contributed by atoms with Crippen LogP contribution in [0.2, 0.25) is 19.6 Å². The number of hydrogen-bond acceptors (Lipinski definition) is 1. The predicted molar refractivity (Wildman–Crippen MR) is 69.0 cm³/mol. The van der Waals surface area contributed by atoms with Gasteiger partial charge in [-0.2, -0.15) is 0 Å². The first-order chi connectivity index (χ1) is 7.15. The minimum absolute atomic E-state index is 0.307. The Morgan fingerprint density at radius 2 is 1.69 bits per heavy atom. The molecule has 1 aromatic rings. The number of rotatable bonds is 3. The standard InChI is InChI=1S/C12H18ClFOSi/c1-12(15,11(13)16(2,3)4)9-5-7-10(14)8-6-9/h5-8,11,15H,1-4H3. The van der Waals surface area contributed by atoms with Gasteiger partial charge in [0.25, 0.3) is 0 Å². The van der Waals surface area contributed by atoms with Crippen molar-refractivity contribution in [3.05, 3.63) is 35.6 Å². The van der Waals surface area contributed by atoms with Crippen LogP contribution < -0.4 is 0 Å². The highest BCUT2D eigenvalue weighted by atomic mass is 35.5. The first kappa shape index (κ1) is 13.7. The summed E-state index contributed by atoms with van der Waals surface area (Å²) in [7, 11) is -1.67. The monoisotopic (exact) mass is 260 g/mol. The van der Waals surface area contributed by atoms with Gasteiger partial charge in [0.2, 0.25) is 0 Å². The zero-order valence-electron chi connectivity index (χ0n) is 10.1. The van der Waals surface area contributed by atoms with E-state index in [9.17, 15) is 9.50 Å². The smallest absolute Gasteiger partial charge is 0.123 e. The molecule has 0 spiro atoms. The summed E-state index contributed by atoms with van der Waals surface area (Å²) in [5, 5.41) is 10.1. The van der Waals surface area contributed by atoms with E-state index in [0.29, 0.717) is 5.56 Å². The predicted octanol–water partition coefficient (Wildman–Crippen LogP) is 3.52. The summed E-state index contributed by atoms with van der Waals surface area (Å²) in [6, 6.07) is 5.87. The van der Waals surface area contributed by atoms with Crippen LogP contribution in [0, 0.1) is 5.82 Å². The molecule has 0 amide bonds. The summed E-state index contributed by atoms with van der Waals surface area (Å²) in [6.07, 6.45) is 0. The Labute approximate surface area is 102 Å². The number of hydrogen-bond donors (Lipinski definition) is 1. The molecular weight excluding hydrogens is 243 g/mol. The van der Waals surface area contributed by atoms with Crippen molar-refractivity contribution in [1.82, 2.24) is 0 Å². The molecule has 0 heterocycles. The lowest BCUT2D eigenvalue weighted by molar-refractivity contribution is 0.0693. The minimum Gasteiger partial charge on any atom is -0.384 e. The van der Waals surface area contributed by atoms with Gasteiger partial charge in [0.15, 0.2) is 0 Å². The van der Waals surface area contributed by atoms with Crippen molar-refractivity contribution in [1.29, 1.82) is 0 Å². The number of halogens is 2. The normalized spacial score (nSPS) is 17.9. The summed E-state index contributed by atoms with van der Waals surface area (Å²) in [5.74, 6) is -0.307. The van der Waals surface area contributed by atoms with Crippen LogP contribution in [0.4, 0.5) is 4.39 Å². The molecule has 0 saturated carbocycles. The van der Waals surface area contributed by atoms with Gasteiger partial charge in [0.1, 0.15) is 11.4 Å². The fraction of sp³-hybridized carbons (Fsp3) is 0.500. The van der Waals surface area contributed by atoms with Crippen LogP contribution in [-0.2, 0) is 5.60 Å². The van der Waals surface area contributed by atoms with Crippen LogP contribution >= 0.6 is 11.6 Å². The SMILES string of the molecule is CC(O)(c1ccc(F)cc1)C(Cl)[Si](C)(C)C. The van der Waals surface area contributed by atoms with E-state index in [1.54, 1.807) is 19.1 Å². The van der Waals surface area contributed by atoms with Crippen molar-refractivity contribution in [2.45, 2.75) is 37.2 Å². The Hall–Kier alpha value is -0.383. The lowest BCUT2D eigenvalue weighted by Crippen LogP contribution is -2.48. The summed E-state index contributed by atoms with van der Waals surface area (Å²) >= 11 is 6.34.